The molecule has 0 spiro atoms. The van der Waals surface area contributed by atoms with Gasteiger partial charge in [-0.3, -0.25) is 9.59 Å². The molecule has 0 aromatic carbocycles. The molecular formula is C17H31NO5Si. The third kappa shape index (κ3) is 9.17. The molecule has 1 N–H and O–H groups in total. The van der Waals surface area contributed by atoms with E-state index in [0.717, 1.165) is 38.1 Å². The lowest BCUT2D eigenvalue weighted by Crippen LogP contribution is -2.31. The van der Waals surface area contributed by atoms with Crippen LogP contribution in [-0.2, 0) is 19.2 Å². The number of hydroxylamine groups is 2. The lowest BCUT2D eigenvalue weighted by atomic mass is 10.1. The lowest BCUT2D eigenvalue weighted by molar-refractivity contribution is -0.197. The van der Waals surface area contributed by atoms with Crippen LogP contribution >= 0.6 is 0 Å². The number of rotatable bonds is 12. The van der Waals surface area contributed by atoms with E-state index in [9.17, 15) is 19.2 Å². The number of nitrogens with zero attached hydrogens (tertiary/aromatic N) is 1. The van der Waals surface area contributed by atoms with Gasteiger partial charge in [0.25, 0.3) is 11.8 Å². The molecule has 0 radical (unpaired) electrons. The number of hydrogen-bond acceptors (Lipinski definition) is 5. The van der Waals surface area contributed by atoms with Gasteiger partial charge in [-0.05, 0) is 25.6 Å². The molecule has 0 bridgehead atoms. The summed E-state index contributed by atoms with van der Waals surface area (Å²) in [4.78, 5) is 48.8. The van der Waals surface area contributed by atoms with Gasteiger partial charge in [0.1, 0.15) is 0 Å². The monoisotopic (exact) mass is 357 g/mol. The average molecular weight is 358 g/mol. The molecule has 1 saturated heterocycles. The van der Waals surface area contributed by atoms with Crippen molar-refractivity contribution in [2.75, 3.05) is 0 Å². The smallest absolute Gasteiger partial charge is 0.333 e. The highest BCUT2D eigenvalue weighted by molar-refractivity contribution is 6.69. The van der Waals surface area contributed by atoms with E-state index in [2.05, 4.69) is 0 Å². The molecule has 138 valence electrons. The molecule has 0 aromatic heterocycles. The Kier molecular flexibility index (Phi) is 9.21. The molecule has 1 aliphatic rings. The van der Waals surface area contributed by atoms with E-state index in [0.29, 0.717) is 5.06 Å². The van der Waals surface area contributed by atoms with E-state index in [4.69, 9.17) is 4.84 Å². The molecule has 0 saturated carbocycles. The predicted molar refractivity (Wildman–Crippen MR) is 93.2 cm³/mol. The predicted octanol–water partition coefficient (Wildman–Crippen LogP) is 3.30. The fraction of sp³-hybridized carbons (Fsp3) is 0.824. The summed E-state index contributed by atoms with van der Waals surface area (Å²) in [5.41, 5.74) is 0. The number of carbonyl (C=O) groups excluding carboxylic acids is 3. The normalized spacial score (nSPS) is 15.2. The number of amides is 2. The molecule has 1 heterocycles. The SMILES string of the molecule is C[Si](C)(O)CCCCCCCCCCC(=O)ON1C(=O)CCC1=O. The van der Waals surface area contributed by atoms with Crippen molar-refractivity contribution in [2.24, 2.45) is 0 Å². The van der Waals surface area contributed by atoms with Crippen LogP contribution < -0.4 is 0 Å². The quantitative estimate of drug-likeness (QED) is 0.329. The first-order valence-electron chi connectivity index (χ1n) is 9.08. The van der Waals surface area contributed by atoms with Crippen LogP contribution in [-0.4, -0.2) is 36.0 Å². The van der Waals surface area contributed by atoms with Crippen LogP contribution in [0, 0.1) is 0 Å². The molecule has 0 unspecified atom stereocenters. The van der Waals surface area contributed by atoms with Gasteiger partial charge >= 0.3 is 5.97 Å². The molecular weight excluding hydrogens is 326 g/mol. The first kappa shape index (κ1) is 20.8. The van der Waals surface area contributed by atoms with Gasteiger partial charge < -0.3 is 9.63 Å². The molecule has 24 heavy (non-hydrogen) atoms. The summed E-state index contributed by atoms with van der Waals surface area (Å²) in [7, 11) is -1.87. The second-order valence-corrected chi connectivity index (χ2v) is 11.3. The number of unbranched alkanes of at least 4 members (excludes halogenated alkanes) is 7. The van der Waals surface area contributed by atoms with E-state index in [1.165, 1.54) is 19.3 Å². The largest absolute Gasteiger partial charge is 0.432 e. The number of imide groups is 1. The van der Waals surface area contributed by atoms with Crippen molar-refractivity contribution in [1.82, 2.24) is 5.06 Å². The van der Waals surface area contributed by atoms with E-state index >= 15 is 0 Å². The van der Waals surface area contributed by atoms with E-state index in [-0.39, 0.29) is 19.3 Å². The zero-order valence-corrected chi connectivity index (χ0v) is 16.0. The van der Waals surface area contributed by atoms with Crippen molar-refractivity contribution in [3.63, 3.8) is 0 Å². The zero-order chi connectivity index (χ0) is 18.0. The minimum absolute atomic E-state index is 0.129. The standard InChI is InChI=1S/C17H31NO5Si/c1-24(2,22)14-10-8-6-4-3-5-7-9-11-17(21)23-18-15(19)12-13-16(18)20/h22H,3-14H2,1-2H3. The van der Waals surface area contributed by atoms with Crippen molar-refractivity contribution in [3.8, 4) is 0 Å². The maximum absolute atomic E-state index is 11.6. The molecule has 6 nitrogen and oxygen atoms in total. The van der Waals surface area contributed by atoms with Crippen LogP contribution in [0.1, 0.15) is 70.6 Å². The molecule has 1 rings (SSSR count). The third-order valence-electron chi connectivity index (χ3n) is 4.12. The lowest BCUT2D eigenvalue weighted by Gasteiger charge is -2.13. The van der Waals surface area contributed by atoms with Crippen LogP contribution in [0.4, 0.5) is 0 Å². The number of hydrogen-bond donors (Lipinski definition) is 1. The molecule has 1 aliphatic heterocycles. The summed E-state index contributed by atoms with van der Waals surface area (Å²) in [5, 5.41) is 0.610. The first-order chi connectivity index (χ1) is 11.3. The van der Waals surface area contributed by atoms with Gasteiger partial charge in [-0.2, -0.15) is 0 Å². The maximum atomic E-state index is 11.6. The van der Waals surface area contributed by atoms with Crippen molar-refractivity contribution >= 4 is 26.1 Å². The van der Waals surface area contributed by atoms with Gasteiger partial charge in [0.2, 0.25) is 0 Å². The summed E-state index contributed by atoms with van der Waals surface area (Å²) in [6, 6.07) is 0.983. The highest BCUT2D eigenvalue weighted by atomic mass is 28.4. The summed E-state index contributed by atoms with van der Waals surface area (Å²) in [6.07, 6.45) is 9.10. The fourth-order valence-corrected chi connectivity index (χ4v) is 3.81. The van der Waals surface area contributed by atoms with Crippen LogP contribution in [0.25, 0.3) is 0 Å². The topological polar surface area (TPSA) is 83.9 Å². The van der Waals surface area contributed by atoms with Gasteiger partial charge in [-0.15, -0.1) is 5.06 Å². The Morgan fingerprint density at radius 1 is 0.958 bits per heavy atom. The molecule has 2 amide bonds. The van der Waals surface area contributed by atoms with Crippen molar-refractivity contribution in [2.45, 2.75) is 89.8 Å². The summed E-state index contributed by atoms with van der Waals surface area (Å²) in [6.45, 7) is 3.96. The fourth-order valence-electron chi connectivity index (χ4n) is 2.69. The van der Waals surface area contributed by atoms with Gasteiger partial charge in [-0.1, -0.05) is 44.9 Å². The molecule has 0 aliphatic carbocycles. The Hall–Kier alpha value is -1.21. The highest BCUT2D eigenvalue weighted by Crippen LogP contribution is 2.16. The van der Waals surface area contributed by atoms with Gasteiger partial charge in [0.15, 0.2) is 8.32 Å². The van der Waals surface area contributed by atoms with Gasteiger partial charge in [-0.25, -0.2) is 4.79 Å². The van der Waals surface area contributed by atoms with Crippen molar-refractivity contribution in [1.29, 1.82) is 0 Å². The van der Waals surface area contributed by atoms with Gasteiger partial charge in [0.05, 0.1) is 0 Å². The first-order valence-corrected chi connectivity index (χ1v) is 12.2. The summed E-state index contributed by atoms with van der Waals surface area (Å²) in [5.74, 6) is -1.37. The zero-order valence-electron chi connectivity index (χ0n) is 15.0. The van der Waals surface area contributed by atoms with E-state index in [1.54, 1.807) is 0 Å². The van der Waals surface area contributed by atoms with Crippen LogP contribution in [0.5, 0.6) is 0 Å². The molecule has 7 heteroatoms. The Morgan fingerprint density at radius 2 is 1.42 bits per heavy atom. The Balaban J connectivity index is 1.92. The van der Waals surface area contributed by atoms with Crippen LogP contribution in [0.3, 0.4) is 0 Å². The number of carbonyl (C=O) groups is 3. The summed E-state index contributed by atoms with van der Waals surface area (Å²) < 4.78 is 0. The Labute approximate surface area is 145 Å². The molecule has 0 atom stereocenters. The third-order valence-corrected chi connectivity index (χ3v) is 5.70. The van der Waals surface area contributed by atoms with E-state index in [1.807, 2.05) is 13.1 Å². The minimum Gasteiger partial charge on any atom is -0.432 e. The maximum Gasteiger partial charge on any atom is 0.333 e. The molecule has 0 aromatic rings. The van der Waals surface area contributed by atoms with E-state index < -0.39 is 26.1 Å². The molecule has 1 fully saturated rings. The average Bonchev–Trinajstić information content (AvgIpc) is 2.80. The van der Waals surface area contributed by atoms with Crippen LogP contribution in [0.15, 0.2) is 0 Å². The Morgan fingerprint density at radius 3 is 1.92 bits per heavy atom. The van der Waals surface area contributed by atoms with Crippen molar-refractivity contribution < 1.29 is 24.0 Å². The van der Waals surface area contributed by atoms with Crippen molar-refractivity contribution in [3.05, 3.63) is 0 Å². The second kappa shape index (κ2) is 10.6. The summed E-state index contributed by atoms with van der Waals surface area (Å²) >= 11 is 0. The van der Waals surface area contributed by atoms with Crippen LogP contribution in [0.2, 0.25) is 19.1 Å². The minimum atomic E-state index is -1.87. The Bertz CT molecular complexity index is 417. The van der Waals surface area contributed by atoms with Gasteiger partial charge in [0, 0.05) is 19.3 Å². The highest BCUT2D eigenvalue weighted by Gasteiger charge is 2.32. The second-order valence-electron chi connectivity index (χ2n) is 7.19.